The summed E-state index contributed by atoms with van der Waals surface area (Å²) < 4.78 is 48.6. The number of ether oxygens (including phenoxy) is 4. The van der Waals surface area contributed by atoms with E-state index in [0.717, 1.165) is 129 Å². The highest BCUT2D eigenvalue weighted by Crippen LogP contribution is 2.43. The lowest BCUT2D eigenvalue weighted by atomic mass is 9.97. The number of rotatable bonds is 78. The number of ketones is 1. The van der Waals surface area contributed by atoms with Crippen LogP contribution in [0.15, 0.2) is 60.9 Å². The number of hydrogen-bond acceptors (Lipinski definition) is 17. The average molecular weight is 1820 g/mol. The number of methoxy groups -OCH3 is 1. The molecule has 2 aromatic heterocycles. The molecule has 0 saturated heterocycles. The largest absolute Gasteiger partial charge is 0.481 e. The number of aliphatic carboxylic acids is 1. The Kier molecular flexibility index (Phi) is 63.7. The van der Waals surface area contributed by atoms with Crippen molar-refractivity contribution >= 4 is 88.7 Å². The molecule has 728 valence electrons. The van der Waals surface area contributed by atoms with Crippen molar-refractivity contribution in [1.29, 1.82) is 0 Å². The number of aromatic nitrogens is 2. The highest BCUT2D eigenvalue weighted by molar-refractivity contribution is 7.47. The van der Waals surface area contributed by atoms with Crippen molar-refractivity contribution in [3.8, 4) is 0 Å². The summed E-state index contributed by atoms with van der Waals surface area (Å²) in [6, 6.07) is 11.0. The Morgan fingerprint density at radius 1 is 0.469 bits per heavy atom. The van der Waals surface area contributed by atoms with Gasteiger partial charge in [0.05, 0.1) is 83.1 Å². The third-order valence-corrected chi connectivity index (χ3v) is 24.8. The lowest BCUT2D eigenvalue weighted by molar-refractivity contribution is -0.148. The second-order valence-corrected chi connectivity index (χ2v) is 36.5. The number of benzene rings is 2. The molecule has 10 atom stereocenters. The Bertz CT molecular complexity index is 3780. The van der Waals surface area contributed by atoms with Crippen LogP contribution in [0.25, 0.3) is 21.8 Å². The molecule has 4 aromatic rings. The number of H-pyrrole nitrogens is 1. The Morgan fingerprint density at radius 3 is 1.43 bits per heavy atom. The van der Waals surface area contributed by atoms with E-state index in [2.05, 4.69) is 69.9 Å². The molecule has 10 N–H and O–H groups in total. The second-order valence-electron chi connectivity index (χ2n) is 35.0. The molecule has 0 bridgehead atoms. The minimum Gasteiger partial charge on any atom is -0.481 e. The fourth-order valence-electron chi connectivity index (χ4n) is 15.7. The molecular formula is C99H168N9O19P. The molecule has 7 amide bonds. The van der Waals surface area contributed by atoms with Gasteiger partial charge >= 0.3 is 19.8 Å². The van der Waals surface area contributed by atoms with Crippen molar-refractivity contribution in [3.05, 3.63) is 72.1 Å². The number of esters is 1. The number of phosphoric acid groups is 1. The van der Waals surface area contributed by atoms with E-state index in [1.54, 1.807) is 13.3 Å². The number of unbranched alkanes of at least 4 members (excludes halogenated alkanes) is 28. The van der Waals surface area contributed by atoms with E-state index < -0.39 is 80.5 Å². The van der Waals surface area contributed by atoms with Gasteiger partial charge in [-0.2, -0.15) is 0 Å². The molecule has 29 heteroatoms. The summed E-state index contributed by atoms with van der Waals surface area (Å²) in [4.78, 5) is 143. The molecule has 4 rings (SSSR count). The Labute approximate surface area is 766 Å². The highest BCUT2D eigenvalue weighted by atomic mass is 31.2. The van der Waals surface area contributed by atoms with Gasteiger partial charge in [-0.25, -0.2) is 4.57 Å². The number of carbonyl (C=O) groups is 10. The van der Waals surface area contributed by atoms with Crippen LogP contribution in [0, 0.1) is 11.8 Å². The van der Waals surface area contributed by atoms with Crippen LogP contribution in [0.5, 0.6) is 0 Å². The zero-order chi connectivity index (χ0) is 94.0. The number of fused-ring (bicyclic) bond motifs is 2. The topological polar surface area (TPSA) is 389 Å². The van der Waals surface area contributed by atoms with Crippen LogP contribution >= 0.6 is 7.82 Å². The molecule has 0 aliphatic carbocycles. The number of Topliss-reactive ketones (excluding diaryl/α,β-unsaturated/α-hetero) is 1. The molecule has 1 unspecified atom stereocenters. The molecular weight excluding hydrogens is 1650 g/mol. The van der Waals surface area contributed by atoms with Crippen molar-refractivity contribution in [3.63, 3.8) is 0 Å². The van der Waals surface area contributed by atoms with Crippen LogP contribution in [0.4, 0.5) is 0 Å². The van der Waals surface area contributed by atoms with Gasteiger partial charge in [0, 0.05) is 94.1 Å². The average Bonchev–Trinajstić information content (AvgIpc) is 1.68. The second kappa shape index (κ2) is 71.1. The smallest absolute Gasteiger partial charge is 0.472 e. The Hall–Kier alpha value is -7.59. The zero-order valence-electron chi connectivity index (χ0n) is 80.2. The fraction of sp³-hybridized carbons (Fsp3) is 0.737. The van der Waals surface area contributed by atoms with Crippen molar-refractivity contribution in [2.24, 2.45) is 18.9 Å². The maximum atomic E-state index is 13.6. The minimum absolute atomic E-state index is 0.0373. The summed E-state index contributed by atoms with van der Waals surface area (Å²) in [5.41, 5.74) is 3.55. The number of carbonyl (C=O) groups excluding carboxylic acids is 9. The van der Waals surface area contributed by atoms with Gasteiger partial charge in [0.2, 0.25) is 41.4 Å². The first-order valence-electron chi connectivity index (χ1n) is 49.0. The van der Waals surface area contributed by atoms with E-state index >= 15 is 0 Å². The summed E-state index contributed by atoms with van der Waals surface area (Å²) in [5, 5.41) is 30.9. The molecule has 0 aliphatic rings. The lowest BCUT2D eigenvalue weighted by Gasteiger charge is -2.24. The third-order valence-electron chi connectivity index (χ3n) is 23.8. The van der Waals surface area contributed by atoms with Gasteiger partial charge < -0.3 is 75.7 Å². The predicted molar refractivity (Wildman–Crippen MR) is 508 cm³/mol. The van der Waals surface area contributed by atoms with Crippen molar-refractivity contribution in [2.45, 2.75) is 394 Å². The first-order chi connectivity index (χ1) is 61.7. The molecule has 0 aliphatic heterocycles. The SMILES string of the molecule is CCCCCCCCCCCCCC(=O)N[C@@H](CCC(=O)[C@H](CC(=O)O)NC(=O)CNC(=O)[C@@H](NC(=O)Cc1c[nH]c2ccccc12)[C@@H](C)CC)COCC[C@@H](CCCCCCC)OC(C)=O.CCCCCCCCCCCCCC(=O)N[C@H](COCC[C@@H](CCCCCCC)OC)COP(=O)(O)OCCNC(=O)[C@@H](NC(=O)Cc1cn(C)c2ccccc12)[C@@H](C)CC. The zero-order valence-corrected chi connectivity index (χ0v) is 81.1. The van der Waals surface area contributed by atoms with E-state index in [4.69, 9.17) is 28.0 Å². The van der Waals surface area contributed by atoms with Gasteiger partial charge in [-0.15, -0.1) is 0 Å². The van der Waals surface area contributed by atoms with Gasteiger partial charge in [0.15, 0.2) is 5.78 Å². The number of nitrogens with zero attached hydrogens (tertiary/aromatic N) is 1. The minimum atomic E-state index is -4.56. The first kappa shape index (κ1) is 115. The molecule has 0 spiro atoms. The number of amides is 7. The fourth-order valence-corrected chi connectivity index (χ4v) is 16.4. The number of phosphoric ester groups is 1. The molecule has 0 fully saturated rings. The maximum absolute atomic E-state index is 13.6. The molecule has 128 heavy (non-hydrogen) atoms. The van der Waals surface area contributed by atoms with Crippen molar-refractivity contribution in [2.75, 3.05) is 59.8 Å². The quantitative estimate of drug-likeness (QED) is 0.0111. The van der Waals surface area contributed by atoms with Crippen molar-refractivity contribution < 1.29 is 90.5 Å². The Balaban J connectivity index is 0.000000663. The van der Waals surface area contributed by atoms with E-state index in [1.165, 1.54) is 129 Å². The summed E-state index contributed by atoms with van der Waals surface area (Å²) in [7, 11) is -0.915. The maximum Gasteiger partial charge on any atom is 0.472 e. The van der Waals surface area contributed by atoms with Gasteiger partial charge in [-0.3, -0.25) is 57.0 Å². The van der Waals surface area contributed by atoms with Gasteiger partial charge in [-0.05, 0) is 80.0 Å². The van der Waals surface area contributed by atoms with Crippen LogP contribution in [-0.2, 0) is 100 Å². The number of carboxylic acid groups (broad SMARTS) is 1. The normalized spacial score (nSPS) is 14.0. The Morgan fingerprint density at radius 2 is 0.922 bits per heavy atom. The summed E-state index contributed by atoms with van der Waals surface area (Å²) in [5.74, 6) is -5.38. The van der Waals surface area contributed by atoms with Crippen LogP contribution in [0.2, 0.25) is 0 Å². The number of para-hydroxylation sites is 2. The van der Waals surface area contributed by atoms with Crippen LogP contribution < -0.4 is 37.2 Å². The number of aryl methyl sites for hydroxylation is 1. The molecule has 0 radical (unpaired) electrons. The molecule has 28 nitrogen and oxygen atoms in total. The first-order valence-corrected chi connectivity index (χ1v) is 50.5. The summed E-state index contributed by atoms with van der Waals surface area (Å²) in [6.07, 6.45) is 44.8. The number of nitrogens with one attached hydrogen (secondary N) is 8. The molecule has 0 saturated carbocycles. The van der Waals surface area contributed by atoms with Gasteiger partial charge in [0.25, 0.3) is 0 Å². The van der Waals surface area contributed by atoms with Gasteiger partial charge in [0.1, 0.15) is 18.2 Å². The van der Waals surface area contributed by atoms with Crippen LogP contribution in [0.3, 0.4) is 0 Å². The predicted octanol–water partition coefficient (Wildman–Crippen LogP) is 18.0. The van der Waals surface area contributed by atoms with Crippen molar-refractivity contribution in [1.82, 2.24) is 46.8 Å². The molecule has 2 aromatic carbocycles. The van der Waals surface area contributed by atoms with E-state index in [9.17, 15) is 62.5 Å². The lowest BCUT2D eigenvalue weighted by Crippen LogP contribution is -2.53. The summed E-state index contributed by atoms with van der Waals surface area (Å²) in [6.45, 7) is 17.3. The van der Waals surface area contributed by atoms with E-state index in [-0.39, 0.29) is 119 Å². The van der Waals surface area contributed by atoms with E-state index in [1.807, 2.05) is 94.0 Å². The monoisotopic (exact) mass is 1820 g/mol. The number of carboxylic acids is 1. The number of hydrogen-bond donors (Lipinski definition) is 10. The van der Waals surface area contributed by atoms with E-state index in [0.29, 0.717) is 45.1 Å². The standard InChI is InChI=1S/C52H85N5O10.C47H83N4O9P/c1-6-9-11-13-14-15-16-17-18-20-22-28-47(60)55-41(37-66-32-31-42(67-39(5)58)25-21-19-12-10-7-2)29-30-46(59)45(34-50(63)64)56-49(62)36-54-52(65)51(38(4)8-3)57-48(61)33-40-35-53-44-27-24-23-26-43(40)44;1-7-10-12-14-15-16-17-18-19-21-23-29-44(52)49-40(36-58-32-30-41(57-6)26-22-20-13-11-8-2)37-60-61(55,56)59-33-31-48-47(54)46(38(4)9-3)50-45(53)34-39-35-51(5)43-28-25-24-27-42(39)43/h23-24,26-27,35,38,41-42,45,51,53H,6-22,25,28-34,36-37H2,1-5H3,(H,54,65)(H,55,60)(H,56,62)(H,57,61)(H,63,64);24-25,27-28,35,38,40-41,46H,7-23,26,29-34,36-37H2,1-6H3,(H,48,54)(H,49,52)(H,50,53)(H,55,56)/t38-,41-,42+,45-,51-;38-,40+,41+,46-/m00/s1. The number of aromatic amines is 1. The van der Waals surface area contributed by atoms with Gasteiger partial charge in [-0.1, -0.05) is 291 Å². The highest BCUT2D eigenvalue weighted by Gasteiger charge is 2.32. The summed E-state index contributed by atoms with van der Waals surface area (Å²) >= 11 is 0. The molecule has 2 heterocycles. The van der Waals surface area contributed by atoms with Crippen LogP contribution in [0.1, 0.15) is 350 Å². The van der Waals surface area contributed by atoms with Crippen LogP contribution in [-0.4, -0.2) is 181 Å². The third kappa shape index (κ3) is 53.1.